The third-order valence-corrected chi connectivity index (χ3v) is 4.88. The van der Waals surface area contributed by atoms with Crippen molar-refractivity contribution < 1.29 is 23.1 Å². The molecule has 1 fully saturated rings. The molecule has 3 aromatic heterocycles. The first kappa shape index (κ1) is 17.6. The molecule has 11 heteroatoms. The first-order valence-electron chi connectivity index (χ1n) is 8.37. The summed E-state index contributed by atoms with van der Waals surface area (Å²) in [5.74, 6) is -1.39. The van der Waals surface area contributed by atoms with Crippen LogP contribution in [-0.2, 0) is 4.79 Å². The number of carbonyl (C=O) groups is 1. The van der Waals surface area contributed by atoms with Gasteiger partial charge in [-0.25, -0.2) is 9.78 Å². The molecule has 2 atom stereocenters. The number of H-pyrrole nitrogens is 2. The largest absolute Gasteiger partial charge is 0.423 e. The topological polar surface area (TPSA) is 107 Å². The van der Waals surface area contributed by atoms with Gasteiger partial charge in [0, 0.05) is 24.7 Å². The third-order valence-electron chi connectivity index (χ3n) is 4.88. The van der Waals surface area contributed by atoms with E-state index in [1.165, 1.54) is 10.8 Å². The number of alkyl halides is 3. The zero-order chi connectivity index (χ0) is 19.3. The number of pyridine rings is 1. The predicted octanol–water partition coefficient (Wildman–Crippen LogP) is 1.29. The first-order chi connectivity index (χ1) is 12.8. The highest BCUT2D eigenvalue weighted by atomic mass is 19.4. The van der Waals surface area contributed by atoms with E-state index in [9.17, 15) is 27.9 Å². The fourth-order valence-corrected chi connectivity index (χ4v) is 3.65. The minimum absolute atomic E-state index is 0.0902. The standard InChI is InChI=1S/C16H16F3N5O3/c17-16(18,19)12(25)14(26)23-5-1-2-8(7-23)24-11-9-3-4-20-13(9)21-6-10(11)22-15(24)27/h3-4,6,8,12,25H,1-2,5,7H2,(H,20,21)(H,22,27)/t8-,12+/m1/s1. The number of nitrogens with zero attached hydrogens (tertiary/aromatic N) is 3. The Hall–Kier alpha value is -2.82. The lowest BCUT2D eigenvalue weighted by Crippen LogP contribution is -2.50. The van der Waals surface area contributed by atoms with Crippen LogP contribution < -0.4 is 5.69 Å². The van der Waals surface area contributed by atoms with Gasteiger partial charge in [-0.05, 0) is 18.9 Å². The summed E-state index contributed by atoms with van der Waals surface area (Å²) in [6, 6.07) is 1.25. The number of nitrogens with one attached hydrogen (secondary N) is 2. The van der Waals surface area contributed by atoms with Crippen molar-refractivity contribution in [3.63, 3.8) is 0 Å². The number of aromatic amines is 2. The average molecular weight is 383 g/mol. The molecule has 0 unspecified atom stereocenters. The molecule has 0 radical (unpaired) electrons. The summed E-state index contributed by atoms with van der Waals surface area (Å²) in [7, 11) is 0. The normalized spacial score (nSPS) is 19.7. The summed E-state index contributed by atoms with van der Waals surface area (Å²) in [5, 5.41) is 9.96. The molecule has 8 nitrogen and oxygen atoms in total. The quantitative estimate of drug-likeness (QED) is 0.620. The van der Waals surface area contributed by atoms with Gasteiger partial charge in [-0.3, -0.25) is 9.36 Å². The lowest BCUT2D eigenvalue weighted by Gasteiger charge is -2.34. The van der Waals surface area contributed by atoms with E-state index in [2.05, 4.69) is 15.0 Å². The number of halogens is 3. The lowest BCUT2D eigenvalue weighted by atomic mass is 10.0. The van der Waals surface area contributed by atoms with Gasteiger partial charge >= 0.3 is 11.9 Å². The molecule has 3 N–H and O–H groups in total. The highest BCUT2D eigenvalue weighted by molar-refractivity contribution is 6.00. The van der Waals surface area contributed by atoms with E-state index >= 15 is 0 Å². The number of rotatable bonds is 2. The molecule has 4 rings (SSSR count). The highest BCUT2D eigenvalue weighted by Crippen LogP contribution is 2.29. The molecule has 0 bridgehead atoms. The Bertz CT molecular complexity index is 1070. The van der Waals surface area contributed by atoms with Gasteiger partial charge in [0.05, 0.1) is 23.3 Å². The number of amides is 1. The summed E-state index contributed by atoms with van der Waals surface area (Å²) in [6.45, 7) is 0.00771. The zero-order valence-corrected chi connectivity index (χ0v) is 14.0. The van der Waals surface area contributed by atoms with Crippen molar-refractivity contribution in [1.82, 2.24) is 24.4 Å². The van der Waals surface area contributed by atoms with Crippen LogP contribution >= 0.6 is 0 Å². The Labute approximate surface area is 149 Å². The molecule has 0 aliphatic carbocycles. The molecule has 3 aromatic rings. The van der Waals surface area contributed by atoms with Crippen molar-refractivity contribution in [1.29, 1.82) is 0 Å². The van der Waals surface area contributed by atoms with Crippen molar-refractivity contribution in [2.24, 2.45) is 0 Å². The van der Waals surface area contributed by atoms with E-state index < -0.39 is 29.9 Å². The van der Waals surface area contributed by atoms with E-state index in [1.54, 1.807) is 12.3 Å². The number of piperidine rings is 1. The molecule has 0 spiro atoms. The molecule has 1 aliphatic rings. The summed E-state index contributed by atoms with van der Waals surface area (Å²) < 4.78 is 39.5. The molecule has 1 aliphatic heterocycles. The molecular formula is C16H16F3N5O3. The maximum Gasteiger partial charge on any atom is 0.423 e. The fourth-order valence-electron chi connectivity index (χ4n) is 3.65. The Balaban J connectivity index is 1.72. The van der Waals surface area contributed by atoms with Crippen LogP contribution in [0, 0.1) is 0 Å². The van der Waals surface area contributed by atoms with E-state index in [0.29, 0.717) is 34.9 Å². The van der Waals surface area contributed by atoms with Crippen molar-refractivity contribution in [2.75, 3.05) is 13.1 Å². The van der Waals surface area contributed by atoms with E-state index in [1.807, 2.05) is 0 Å². The third kappa shape index (κ3) is 2.87. The van der Waals surface area contributed by atoms with Crippen LogP contribution in [0.2, 0.25) is 0 Å². The van der Waals surface area contributed by atoms with Crippen molar-refractivity contribution in [3.05, 3.63) is 28.9 Å². The van der Waals surface area contributed by atoms with Crippen LogP contribution in [0.1, 0.15) is 18.9 Å². The van der Waals surface area contributed by atoms with Gasteiger partial charge < -0.3 is 20.0 Å². The number of hydrogen-bond acceptors (Lipinski definition) is 4. The van der Waals surface area contributed by atoms with E-state index in [0.717, 1.165) is 4.90 Å². The van der Waals surface area contributed by atoms with E-state index in [4.69, 9.17) is 0 Å². The van der Waals surface area contributed by atoms with Crippen LogP contribution in [0.15, 0.2) is 23.3 Å². The maximum absolute atomic E-state index is 12.7. The second-order valence-corrected chi connectivity index (χ2v) is 6.59. The van der Waals surface area contributed by atoms with Gasteiger partial charge in [0.25, 0.3) is 5.91 Å². The van der Waals surface area contributed by atoms with Crippen LogP contribution in [0.4, 0.5) is 13.2 Å². The van der Waals surface area contributed by atoms with E-state index in [-0.39, 0.29) is 13.1 Å². The summed E-state index contributed by atoms with van der Waals surface area (Å²) in [6.07, 6.45) is -3.96. The summed E-state index contributed by atoms with van der Waals surface area (Å²) in [4.78, 5) is 35.3. The minimum Gasteiger partial charge on any atom is -0.376 e. The van der Waals surface area contributed by atoms with Crippen molar-refractivity contribution in [3.8, 4) is 0 Å². The number of fused-ring (bicyclic) bond motifs is 3. The molecule has 27 heavy (non-hydrogen) atoms. The average Bonchev–Trinajstić information content (AvgIpc) is 3.22. The van der Waals surface area contributed by atoms with Gasteiger partial charge in [-0.2, -0.15) is 13.2 Å². The monoisotopic (exact) mass is 383 g/mol. The maximum atomic E-state index is 12.7. The van der Waals surface area contributed by atoms with Crippen LogP contribution in [0.25, 0.3) is 22.1 Å². The second-order valence-electron chi connectivity index (χ2n) is 6.59. The van der Waals surface area contributed by atoms with Crippen LogP contribution in [-0.4, -0.2) is 60.8 Å². The van der Waals surface area contributed by atoms with Crippen molar-refractivity contribution >= 4 is 28.0 Å². The number of hydrogen-bond donors (Lipinski definition) is 3. The van der Waals surface area contributed by atoms with Gasteiger partial charge in [-0.15, -0.1) is 0 Å². The van der Waals surface area contributed by atoms with Crippen LogP contribution in [0.5, 0.6) is 0 Å². The zero-order valence-electron chi connectivity index (χ0n) is 14.0. The molecular weight excluding hydrogens is 367 g/mol. The molecule has 0 aromatic carbocycles. The molecule has 144 valence electrons. The smallest absolute Gasteiger partial charge is 0.376 e. The Morgan fingerprint density at radius 1 is 1.41 bits per heavy atom. The summed E-state index contributed by atoms with van der Waals surface area (Å²) >= 11 is 0. The van der Waals surface area contributed by atoms with Crippen LogP contribution in [0.3, 0.4) is 0 Å². The number of imidazole rings is 1. The number of aliphatic hydroxyl groups excluding tert-OH is 1. The SMILES string of the molecule is O=C([C@H](O)C(F)(F)F)N1CCC[C@@H](n2c(=O)[nH]c3cnc4[nH]ccc4c32)C1. The number of carbonyl (C=O) groups excluding carboxylic acids is 1. The molecule has 0 saturated carbocycles. The predicted molar refractivity (Wildman–Crippen MR) is 89.1 cm³/mol. The highest BCUT2D eigenvalue weighted by Gasteiger charge is 2.46. The van der Waals surface area contributed by atoms with Gasteiger partial charge in [-0.1, -0.05) is 0 Å². The molecule has 1 saturated heterocycles. The number of aromatic nitrogens is 4. The Morgan fingerprint density at radius 3 is 2.93 bits per heavy atom. The first-order valence-corrected chi connectivity index (χ1v) is 8.37. The molecule has 1 amide bonds. The van der Waals surface area contributed by atoms with Gasteiger partial charge in [0.15, 0.2) is 0 Å². The number of likely N-dealkylation sites (tertiary alicyclic amines) is 1. The molecule has 4 heterocycles. The summed E-state index contributed by atoms with van der Waals surface area (Å²) in [5.41, 5.74) is 1.25. The second kappa shape index (κ2) is 6.12. The Morgan fingerprint density at radius 2 is 2.19 bits per heavy atom. The van der Waals surface area contributed by atoms with Gasteiger partial charge in [0.2, 0.25) is 6.10 Å². The fraction of sp³-hybridized carbons (Fsp3) is 0.438. The Kier molecular flexibility index (Phi) is 3.98. The van der Waals surface area contributed by atoms with Gasteiger partial charge in [0.1, 0.15) is 5.65 Å². The lowest BCUT2D eigenvalue weighted by molar-refractivity contribution is -0.211. The number of aliphatic hydroxyl groups is 1. The van der Waals surface area contributed by atoms with Crippen molar-refractivity contribution in [2.45, 2.75) is 31.2 Å². The minimum atomic E-state index is -5.02.